The van der Waals surface area contributed by atoms with E-state index in [0.717, 1.165) is 25.9 Å². The molecule has 0 unspecified atom stereocenters. The average molecular weight is 278 g/mol. The van der Waals surface area contributed by atoms with Crippen LogP contribution in [0.3, 0.4) is 0 Å². The third-order valence-electron chi connectivity index (χ3n) is 3.36. The van der Waals surface area contributed by atoms with Gasteiger partial charge in [0, 0.05) is 18.8 Å². The fourth-order valence-electron chi connectivity index (χ4n) is 2.30. The molecule has 0 atom stereocenters. The van der Waals surface area contributed by atoms with Crippen LogP contribution < -0.4 is 4.90 Å². The quantitative estimate of drug-likeness (QED) is 0.872. The van der Waals surface area contributed by atoms with Crippen molar-refractivity contribution in [1.29, 1.82) is 0 Å². The van der Waals surface area contributed by atoms with E-state index >= 15 is 0 Å². The Balaban J connectivity index is 2.18. The Morgan fingerprint density at radius 3 is 2.25 bits per heavy atom. The molecule has 1 fully saturated rings. The van der Waals surface area contributed by atoms with Crippen LogP contribution >= 0.6 is 0 Å². The van der Waals surface area contributed by atoms with E-state index in [9.17, 15) is 9.59 Å². The summed E-state index contributed by atoms with van der Waals surface area (Å²) in [6.07, 6.45) is 1.99. The first-order valence-electron chi connectivity index (χ1n) is 6.64. The molecule has 20 heavy (non-hydrogen) atoms. The summed E-state index contributed by atoms with van der Waals surface area (Å²) >= 11 is 0. The number of urea groups is 1. The van der Waals surface area contributed by atoms with Crippen LogP contribution in [0.1, 0.15) is 23.2 Å². The third-order valence-corrected chi connectivity index (χ3v) is 3.36. The smallest absolute Gasteiger partial charge is 0.335 e. The van der Waals surface area contributed by atoms with E-state index in [2.05, 4.69) is 0 Å². The van der Waals surface area contributed by atoms with E-state index in [1.807, 2.05) is 0 Å². The van der Waals surface area contributed by atoms with Crippen molar-refractivity contribution < 1.29 is 19.8 Å². The van der Waals surface area contributed by atoms with Gasteiger partial charge in [0.2, 0.25) is 0 Å². The molecule has 0 aromatic heterocycles. The van der Waals surface area contributed by atoms with Crippen molar-refractivity contribution in [3.8, 4) is 0 Å². The molecule has 108 valence electrons. The van der Waals surface area contributed by atoms with E-state index in [1.165, 1.54) is 17.0 Å². The Bertz CT molecular complexity index is 480. The normalized spacial score (nSPS) is 14.3. The number of aliphatic hydroxyl groups excluding tert-OH is 1. The summed E-state index contributed by atoms with van der Waals surface area (Å²) < 4.78 is 0. The Hall–Kier alpha value is -2.08. The Labute approximate surface area is 117 Å². The van der Waals surface area contributed by atoms with Gasteiger partial charge < -0.3 is 15.1 Å². The maximum atomic E-state index is 12.4. The van der Waals surface area contributed by atoms with Gasteiger partial charge in [0.05, 0.1) is 18.7 Å². The van der Waals surface area contributed by atoms with Crippen molar-refractivity contribution in [2.75, 3.05) is 31.1 Å². The number of carboxylic acid groups (broad SMARTS) is 1. The SMILES string of the molecule is O=C(O)c1ccc(N(CCO)C(=O)N2CCCC2)cc1. The van der Waals surface area contributed by atoms with Crippen molar-refractivity contribution in [1.82, 2.24) is 4.90 Å². The molecular formula is C14H18N2O4. The number of rotatable bonds is 4. The third kappa shape index (κ3) is 3.08. The zero-order chi connectivity index (χ0) is 14.5. The fraction of sp³-hybridized carbons (Fsp3) is 0.429. The van der Waals surface area contributed by atoms with Gasteiger partial charge in [-0.05, 0) is 37.1 Å². The zero-order valence-corrected chi connectivity index (χ0v) is 11.2. The molecule has 0 spiro atoms. The molecule has 1 aliphatic rings. The first-order chi connectivity index (χ1) is 9.63. The van der Waals surface area contributed by atoms with E-state index < -0.39 is 5.97 Å². The van der Waals surface area contributed by atoms with Gasteiger partial charge in [0.25, 0.3) is 0 Å². The lowest BCUT2D eigenvalue weighted by atomic mass is 10.2. The fourth-order valence-corrected chi connectivity index (χ4v) is 2.30. The number of aromatic carboxylic acids is 1. The van der Waals surface area contributed by atoms with Gasteiger partial charge in [-0.2, -0.15) is 0 Å². The highest BCUT2D eigenvalue weighted by atomic mass is 16.4. The van der Waals surface area contributed by atoms with Crippen LogP contribution in [0.15, 0.2) is 24.3 Å². The van der Waals surface area contributed by atoms with Crippen molar-refractivity contribution in [2.24, 2.45) is 0 Å². The maximum Gasteiger partial charge on any atom is 0.335 e. The minimum absolute atomic E-state index is 0.139. The summed E-state index contributed by atoms with van der Waals surface area (Å²) in [5.74, 6) is -1.00. The predicted molar refractivity (Wildman–Crippen MR) is 74.0 cm³/mol. The maximum absolute atomic E-state index is 12.4. The van der Waals surface area contributed by atoms with Gasteiger partial charge in [-0.3, -0.25) is 4.90 Å². The van der Waals surface area contributed by atoms with E-state index in [1.54, 1.807) is 17.0 Å². The molecule has 0 radical (unpaired) electrons. The molecule has 1 aromatic rings. The second-order valence-electron chi connectivity index (χ2n) is 4.70. The largest absolute Gasteiger partial charge is 0.478 e. The molecule has 2 rings (SSSR count). The molecule has 1 aromatic carbocycles. The second-order valence-corrected chi connectivity index (χ2v) is 4.70. The van der Waals surface area contributed by atoms with Crippen LogP contribution in [0, 0.1) is 0 Å². The van der Waals surface area contributed by atoms with Gasteiger partial charge in [-0.15, -0.1) is 0 Å². The highest BCUT2D eigenvalue weighted by Gasteiger charge is 2.24. The molecule has 6 nitrogen and oxygen atoms in total. The predicted octanol–water partition coefficient (Wildman–Crippen LogP) is 1.40. The van der Waals surface area contributed by atoms with E-state index in [4.69, 9.17) is 10.2 Å². The Morgan fingerprint density at radius 1 is 1.15 bits per heavy atom. The number of carbonyl (C=O) groups excluding carboxylic acids is 1. The van der Waals surface area contributed by atoms with Crippen molar-refractivity contribution >= 4 is 17.7 Å². The first-order valence-corrected chi connectivity index (χ1v) is 6.64. The van der Waals surface area contributed by atoms with Crippen molar-refractivity contribution in [3.63, 3.8) is 0 Å². The molecule has 6 heteroatoms. The zero-order valence-electron chi connectivity index (χ0n) is 11.2. The number of carboxylic acids is 1. The molecule has 2 amide bonds. The molecule has 1 saturated heterocycles. The van der Waals surface area contributed by atoms with Gasteiger partial charge in [-0.25, -0.2) is 9.59 Å². The van der Waals surface area contributed by atoms with Gasteiger partial charge in [-0.1, -0.05) is 0 Å². The second kappa shape index (κ2) is 6.38. The highest BCUT2D eigenvalue weighted by molar-refractivity contribution is 5.93. The van der Waals surface area contributed by atoms with Crippen LogP contribution in [0.5, 0.6) is 0 Å². The Morgan fingerprint density at radius 2 is 1.75 bits per heavy atom. The van der Waals surface area contributed by atoms with Crippen molar-refractivity contribution in [3.05, 3.63) is 29.8 Å². The Kier molecular flexibility index (Phi) is 4.57. The number of likely N-dealkylation sites (tertiary alicyclic amines) is 1. The number of anilines is 1. The van der Waals surface area contributed by atoms with E-state index in [0.29, 0.717) is 5.69 Å². The van der Waals surface area contributed by atoms with Gasteiger partial charge in [0.15, 0.2) is 0 Å². The first kappa shape index (κ1) is 14.3. The number of carbonyl (C=O) groups is 2. The molecule has 0 aliphatic carbocycles. The molecule has 0 saturated carbocycles. The van der Waals surface area contributed by atoms with Gasteiger partial charge >= 0.3 is 12.0 Å². The molecule has 0 bridgehead atoms. The van der Waals surface area contributed by atoms with Crippen LogP contribution in [0.2, 0.25) is 0 Å². The summed E-state index contributed by atoms with van der Waals surface area (Å²) in [4.78, 5) is 26.4. The molecule has 1 aliphatic heterocycles. The summed E-state index contributed by atoms with van der Waals surface area (Å²) in [7, 11) is 0. The summed E-state index contributed by atoms with van der Waals surface area (Å²) in [6, 6.07) is 5.96. The van der Waals surface area contributed by atoms with E-state index in [-0.39, 0.29) is 24.7 Å². The van der Waals surface area contributed by atoms with Gasteiger partial charge in [0.1, 0.15) is 0 Å². The van der Waals surface area contributed by atoms with Crippen LogP contribution in [-0.2, 0) is 0 Å². The number of hydrogen-bond acceptors (Lipinski definition) is 3. The number of hydrogen-bond donors (Lipinski definition) is 2. The average Bonchev–Trinajstić information content (AvgIpc) is 2.98. The van der Waals surface area contributed by atoms with Crippen molar-refractivity contribution in [2.45, 2.75) is 12.8 Å². The summed E-state index contributed by atoms with van der Waals surface area (Å²) in [6.45, 7) is 1.52. The molecular weight excluding hydrogens is 260 g/mol. The lowest BCUT2D eigenvalue weighted by Crippen LogP contribution is -2.43. The van der Waals surface area contributed by atoms with Crippen LogP contribution in [0.4, 0.5) is 10.5 Å². The van der Waals surface area contributed by atoms with Crippen LogP contribution in [0.25, 0.3) is 0 Å². The number of amides is 2. The lowest BCUT2D eigenvalue weighted by Gasteiger charge is -2.27. The summed E-state index contributed by atoms with van der Waals surface area (Å²) in [5, 5.41) is 18.0. The number of aliphatic hydroxyl groups is 1. The minimum Gasteiger partial charge on any atom is -0.478 e. The highest BCUT2D eigenvalue weighted by Crippen LogP contribution is 2.19. The monoisotopic (exact) mass is 278 g/mol. The topological polar surface area (TPSA) is 81.1 Å². The minimum atomic E-state index is -1.00. The lowest BCUT2D eigenvalue weighted by molar-refractivity contribution is 0.0697. The number of nitrogens with zero attached hydrogens (tertiary/aromatic N) is 2. The summed E-state index contributed by atoms with van der Waals surface area (Å²) in [5.41, 5.74) is 0.771. The molecule has 1 heterocycles. The van der Waals surface area contributed by atoms with Crippen LogP contribution in [-0.4, -0.2) is 53.4 Å². The number of benzene rings is 1. The standard InChI is InChI=1S/C14H18N2O4/c17-10-9-16(14(20)15-7-1-2-8-15)12-5-3-11(4-6-12)13(18)19/h3-6,17H,1-2,7-10H2,(H,18,19). The molecule has 2 N–H and O–H groups in total.